The van der Waals surface area contributed by atoms with E-state index in [1.165, 1.54) is 40.8 Å². The van der Waals surface area contributed by atoms with Crippen LogP contribution >= 0.6 is 11.3 Å². The molecule has 7 heteroatoms. The number of carbonyl (C=O) groups is 1. The quantitative estimate of drug-likeness (QED) is 0.707. The lowest BCUT2D eigenvalue weighted by molar-refractivity contribution is 0.0337. The second-order valence-electron chi connectivity index (χ2n) is 7.54. The van der Waals surface area contributed by atoms with Crippen molar-refractivity contribution in [2.45, 2.75) is 32.2 Å². The summed E-state index contributed by atoms with van der Waals surface area (Å²) in [4.78, 5) is 23.2. The summed E-state index contributed by atoms with van der Waals surface area (Å²) in [6.45, 7) is 4.22. The summed E-state index contributed by atoms with van der Waals surface area (Å²) in [6, 6.07) is 5.93. The van der Waals surface area contributed by atoms with E-state index in [0.717, 1.165) is 56.9 Å². The molecule has 28 heavy (non-hydrogen) atoms. The van der Waals surface area contributed by atoms with E-state index in [0.29, 0.717) is 10.7 Å². The van der Waals surface area contributed by atoms with Crippen molar-refractivity contribution in [2.75, 3.05) is 31.6 Å². The summed E-state index contributed by atoms with van der Waals surface area (Å²) >= 11 is 1.48. The Morgan fingerprint density at radius 2 is 2.11 bits per heavy atom. The average molecular weight is 397 g/mol. The first-order valence-corrected chi connectivity index (χ1v) is 10.8. The topological polar surface area (TPSA) is 70.2 Å². The summed E-state index contributed by atoms with van der Waals surface area (Å²) in [7, 11) is 0. The van der Waals surface area contributed by atoms with E-state index in [2.05, 4.69) is 20.2 Å². The molecule has 1 fully saturated rings. The maximum atomic E-state index is 12.8. The van der Waals surface area contributed by atoms with Gasteiger partial charge in [-0.25, -0.2) is 4.98 Å². The maximum Gasteiger partial charge on any atom is 0.257 e. The minimum Gasteiger partial charge on any atom is -0.379 e. The Hall–Kier alpha value is -2.22. The van der Waals surface area contributed by atoms with Gasteiger partial charge in [0.25, 0.3) is 5.91 Å². The molecule has 0 unspecified atom stereocenters. The molecule has 5 rings (SSSR count). The van der Waals surface area contributed by atoms with Gasteiger partial charge < -0.3 is 9.72 Å². The van der Waals surface area contributed by atoms with Gasteiger partial charge in [0.1, 0.15) is 0 Å². The number of fused-ring (bicyclic) bond motifs is 3. The number of morpholine rings is 1. The summed E-state index contributed by atoms with van der Waals surface area (Å²) in [5, 5.41) is 6.84. The van der Waals surface area contributed by atoms with Crippen molar-refractivity contribution >= 4 is 33.3 Å². The van der Waals surface area contributed by atoms with Crippen LogP contribution in [0.15, 0.2) is 23.6 Å². The molecule has 1 aliphatic carbocycles. The lowest BCUT2D eigenvalue weighted by Crippen LogP contribution is -2.35. The number of ether oxygens (including phenoxy) is 1. The van der Waals surface area contributed by atoms with Crippen molar-refractivity contribution in [3.63, 3.8) is 0 Å². The standard InChI is InChI=1S/C21H24N4O2S/c26-20(24-21-22-15(13-28-21)12-25-7-9-27-10-8-25)14-5-6-19-17(11-14)16-3-1-2-4-18(16)23-19/h5-6,11,13,23H,1-4,7-10,12H2,(H,22,24,26). The zero-order chi connectivity index (χ0) is 18.9. The molecule has 1 saturated heterocycles. The van der Waals surface area contributed by atoms with Crippen LogP contribution in [-0.4, -0.2) is 47.1 Å². The highest BCUT2D eigenvalue weighted by Crippen LogP contribution is 2.30. The van der Waals surface area contributed by atoms with Crippen LogP contribution in [0.25, 0.3) is 10.9 Å². The van der Waals surface area contributed by atoms with Crippen molar-refractivity contribution in [3.05, 3.63) is 46.1 Å². The van der Waals surface area contributed by atoms with Crippen LogP contribution in [0.4, 0.5) is 5.13 Å². The van der Waals surface area contributed by atoms with Gasteiger partial charge in [0.2, 0.25) is 0 Å². The molecule has 0 atom stereocenters. The molecule has 6 nitrogen and oxygen atoms in total. The second kappa shape index (κ2) is 7.66. The molecular formula is C21H24N4O2S. The molecule has 2 aliphatic rings. The molecule has 0 bridgehead atoms. The largest absolute Gasteiger partial charge is 0.379 e. The third-order valence-electron chi connectivity index (χ3n) is 5.62. The molecule has 1 aliphatic heterocycles. The number of benzene rings is 1. The number of thiazole rings is 1. The van der Waals surface area contributed by atoms with E-state index >= 15 is 0 Å². The summed E-state index contributed by atoms with van der Waals surface area (Å²) < 4.78 is 5.38. The highest BCUT2D eigenvalue weighted by atomic mass is 32.1. The zero-order valence-electron chi connectivity index (χ0n) is 15.8. The van der Waals surface area contributed by atoms with Crippen LogP contribution < -0.4 is 5.32 Å². The molecule has 0 spiro atoms. The molecule has 0 radical (unpaired) electrons. The molecular weight excluding hydrogens is 372 g/mol. The molecule has 0 saturated carbocycles. The van der Waals surface area contributed by atoms with E-state index in [9.17, 15) is 4.79 Å². The Bertz CT molecular complexity index is 1000. The molecule has 2 aromatic heterocycles. The van der Waals surface area contributed by atoms with Gasteiger partial charge in [-0.1, -0.05) is 0 Å². The number of aromatic nitrogens is 2. The molecule has 2 N–H and O–H groups in total. The lowest BCUT2D eigenvalue weighted by Gasteiger charge is -2.25. The number of carbonyl (C=O) groups excluding carboxylic acids is 1. The van der Waals surface area contributed by atoms with Gasteiger partial charge in [0, 0.05) is 47.2 Å². The number of nitrogens with one attached hydrogen (secondary N) is 2. The smallest absolute Gasteiger partial charge is 0.257 e. The van der Waals surface area contributed by atoms with Gasteiger partial charge in [0.15, 0.2) is 5.13 Å². The first-order chi connectivity index (χ1) is 13.8. The Labute approximate surface area is 167 Å². The highest BCUT2D eigenvalue weighted by Gasteiger charge is 2.18. The SMILES string of the molecule is O=C(Nc1nc(CN2CCOCC2)cs1)c1ccc2[nH]c3c(c2c1)CCCC3. The lowest BCUT2D eigenvalue weighted by atomic mass is 9.95. The van der Waals surface area contributed by atoms with Gasteiger partial charge in [-0.15, -0.1) is 11.3 Å². The van der Waals surface area contributed by atoms with E-state index in [1.54, 1.807) is 0 Å². The second-order valence-corrected chi connectivity index (χ2v) is 8.39. The number of H-pyrrole nitrogens is 1. The third-order valence-corrected chi connectivity index (χ3v) is 6.43. The van der Waals surface area contributed by atoms with Gasteiger partial charge in [0.05, 0.1) is 18.9 Å². The number of amides is 1. The van der Waals surface area contributed by atoms with Crippen molar-refractivity contribution in [1.82, 2.24) is 14.9 Å². The first-order valence-electron chi connectivity index (χ1n) is 9.95. The maximum absolute atomic E-state index is 12.8. The van der Waals surface area contributed by atoms with E-state index in [4.69, 9.17) is 4.74 Å². The number of aryl methyl sites for hydroxylation is 2. The summed E-state index contributed by atoms with van der Waals surface area (Å²) in [5.74, 6) is -0.0973. The van der Waals surface area contributed by atoms with Crippen LogP contribution in [0.5, 0.6) is 0 Å². The summed E-state index contributed by atoms with van der Waals surface area (Å²) in [5.41, 5.74) is 5.54. The van der Waals surface area contributed by atoms with Crippen LogP contribution in [-0.2, 0) is 24.1 Å². The van der Waals surface area contributed by atoms with Crippen LogP contribution in [0.2, 0.25) is 0 Å². The van der Waals surface area contributed by atoms with Crippen molar-refractivity contribution in [3.8, 4) is 0 Å². The fourth-order valence-corrected chi connectivity index (χ4v) is 4.84. The third kappa shape index (κ3) is 3.57. The normalized spacial score (nSPS) is 17.6. The number of anilines is 1. The van der Waals surface area contributed by atoms with Gasteiger partial charge in [-0.05, 0) is 49.4 Å². The average Bonchev–Trinajstić information content (AvgIpc) is 3.32. The minimum atomic E-state index is -0.0973. The van der Waals surface area contributed by atoms with Gasteiger partial charge >= 0.3 is 0 Å². The van der Waals surface area contributed by atoms with Crippen molar-refractivity contribution in [2.24, 2.45) is 0 Å². The van der Waals surface area contributed by atoms with Crippen molar-refractivity contribution < 1.29 is 9.53 Å². The zero-order valence-corrected chi connectivity index (χ0v) is 16.6. The Kier molecular flexibility index (Phi) is 4.88. The predicted molar refractivity (Wildman–Crippen MR) is 111 cm³/mol. The minimum absolute atomic E-state index is 0.0973. The number of hydrogen-bond donors (Lipinski definition) is 2. The Morgan fingerprint density at radius 3 is 3.00 bits per heavy atom. The van der Waals surface area contributed by atoms with E-state index < -0.39 is 0 Å². The van der Waals surface area contributed by atoms with Crippen molar-refractivity contribution in [1.29, 1.82) is 0 Å². The Morgan fingerprint density at radius 1 is 1.25 bits per heavy atom. The molecule has 1 amide bonds. The molecule has 3 heterocycles. The van der Waals surface area contributed by atoms with Crippen LogP contribution in [0.1, 0.15) is 40.2 Å². The summed E-state index contributed by atoms with van der Waals surface area (Å²) in [6.07, 6.45) is 4.67. The molecule has 3 aromatic rings. The van der Waals surface area contributed by atoms with E-state index in [-0.39, 0.29) is 5.91 Å². The fraction of sp³-hybridized carbons (Fsp3) is 0.429. The van der Waals surface area contributed by atoms with Crippen LogP contribution in [0, 0.1) is 0 Å². The monoisotopic (exact) mass is 396 g/mol. The first kappa shape index (κ1) is 17.8. The van der Waals surface area contributed by atoms with Gasteiger partial charge in [-0.2, -0.15) is 0 Å². The highest BCUT2D eigenvalue weighted by molar-refractivity contribution is 7.14. The van der Waals surface area contributed by atoms with Crippen LogP contribution in [0.3, 0.4) is 0 Å². The predicted octanol–water partition coefficient (Wildman–Crippen LogP) is 3.59. The number of rotatable bonds is 4. The fourth-order valence-electron chi connectivity index (χ4n) is 4.14. The number of nitrogens with zero attached hydrogens (tertiary/aromatic N) is 2. The van der Waals surface area contributed by atoms with E-state index in [1.807, 2.05) is 23.6 Å². The van der Waals surface area contributed by atoms with Gasteiger partial charge in [-0.3, -0.25) is 15.0 Å². The number of hydrogen-bond acceptors (Lipinski definition) is 5. The molecule has 146 valence electrons. The Balaban J connectivity index is 1.30. The molecule has 1 aromatic carbocycles. The number of aromatic amines is 1.